The SMILES string of the molecule is C=C(C)CCC(=O)c1ccnn1C. The molecule has 3 nitrogen and oxygen atoms in total. The summed E-state index contributed by atoms with van der Waals surface area (Å²) in [6.07, 6.45) is 2.91. The summed E-state index contributed by atoms with van der Waals surface area (Å²) in [7, 11) is 1.77. The molecule has 1 aromatic heterocycles. The van der Waals surface area contributed by atoms with Crippen molar-refractivity contribution in [3.63, 3.8) is 0 Å². The molecule has 0 spiro atoms. The van der Waals surface area contributed by atoms with Crippen molar-refractivity contribution in [1.29, 1.82) is 0 Å². The Bertz CT molecular complexity index is 325. The van der Waals surface area contributed by atoms with Crippen molar-refractivity contribution in [3.05, 3.63) is 30.1 Å². The largest absolute Gasteiger partial charge is 0.292 e. The first kappa shape index (κ1) is 9.71. The van der Waals surface area contributed by atoms with E-state index in [0.29, 0.717) is 12.1 Å². The van der Waals surface area contributed by atoms with E-state index in [1.165, 1.54) is 0 Å². The fraction of sp³-hybridized carbons (Fsp3) is 0.400. The Labute approximate surface area is 78.1 Å². The van der Waals surface area contributed by atoms with Gasteiger partial charge in [0.15, 0.2) is 5.78 Å². The highest BCUT2D eigenvalue weighted by atomic mass is 16.1. The summed E-state index contributed by atoms with van der Waals surface area (Å²) in [6, 6.07) is 1.74. The average Bonchev–Trinajstić information content (AvgIpc) is 2.47. The fourth-order valence-corrected chi connectivity index (χ4v) is 1.10. The van der Waals surface area contributed by atoms with Crippen LogP contribution in [0.4, 0.5) is 0 Å². The number of hydrogen-bond donors (Lipinski definition) is 0. The van der Waals surface area contributed by atoms with Gasteiger partial charge in [-0.05, 0) is 19.4 Å². The summed E-state index contributed by atoms with van der Waals surface area (Å²) in [5.74, 6) is 0.128. The minimum atomic E-state index is 0.128. The molecule has 3 heteroatoms. The van der Waals surface area contributed by atoms with Crippen molar-refractivity contribution in [2.24, 2.45) is 7.05 Å². The lowest BCUT2D eigenvalue weighted by atomic mass is 10.1. The summed E-state index contributed by atoms with van der Waals surface area (Å²) in [6.45, 7) is 5.68. The highest BCUT2D eigenvalue weighted by Gasteiger charge is 2.08. The van der Waals surface area contributed by atoms with Crippen LogP contribution in [0, 0.1) is 0 Å². The van der Waals surface area contributed by atoms with Gasteiger partial charge in [0.05, 0.1) is 0 Å². The van der Waals surface area contributed by atoms with Gasteiger partial charge in [-0.3, -0.25) is 9.48 Å². The molecule has 0 amide bonds. The summed E-state index contributed by atoms with van der Waals surface area (Å²) >= 11 is 0. The van der Waals surface area contributed by atoms with Crippen LogP contribution in [-0.4, -0.2) is 15.6 Å². The van der Waals surface area contributed by atoms with Gasteiger partial charge < -0.3 is 0 Å². The van der Waals surface area contributed by atoms with E-state index in [1.807, 2.05) is 6.92 Å². The maximum absolute atomic E-state index is 11.5. The lowest BCUT2D eigenvalue weighted by molar-refractivity contribution is 0.0973. The summed E-state index contributed by atoms with van der Waals surface area (Å²) in [5, 5.41) is 3.94. The molecule has 0 saturated carbocycles. The Morgan fingerprint density at radius 1 is 1.62 bits per heavy atom. The fourth-order valence-electron chi connectivity index (χ4n) is 1.10. The van der Waals surface area contributed by atoms with Gasteiger partial charge in [-0.1, -0.05) is 5.57 Å². The van der Waals surface area contributed by atoms with Gasteiger partial charge in [0.2, 0.25) is 0 Å². The molecular formula is C10H14N2O. The molecule has 0 aliphatic rings. The van der Waals surface area contributed by atoms with Gasteiger partial charge in [0.25, 0.3) is 0 Å². The van der Waals surface area contributed by atoms with Crippen LogP contribution < -0.4 is 0 Å². The first-order chi connectivity index (χ1) is 6.11. The van der Waals surface area contributed by atoms with E-state index < -0.39 is 0 Å². The summed E-state index contributed by atoms with van der Waals surface area (Å²) in [4.78, 5) is 11.5. The van der Waals surface area contributed by atoms with E-state index in [0.717, 1.165) is 12.0 Å². The van der Waals surface area contributed by atoms with Crippen LogP contribution >= 0.6 is 0 Å². The van der Waals surface area contributed by atoms with Gasteiger partial charge in [-0.2, -0.15) is 5.10 Å². The Balaban J connectivity index is 2.59. The van der Waals surface area contributed by atoms with Crippen molar-refractivity contribution in [3.8, 4) is 0 Å². The van der Waals surface area contributed by atoms with Crippen molar-refractivity contribution >= 4 is 5.78 Å². The van der Waals surface area contributed by atoms with Crippen LogP contribution in [0.15, 0.2) is 24.4 Å². The van der Waals surface area contributed by atoms with Crippen molar-refractivity contribution < 1.29 is 4.79 Å². The minimum Gasteiger partial charge on any atom is -0.292 e. The molecule has 0 saturated heterocycles. The lowest BCUT2D eigenvalue weighted by Crippen LogP contribution is -2.06. The molecule has 0 aliphatic heterocycles. The molecule has 0 fully saturated rings. The highest BCUT2D eigenvalue weighted by molar-refractivity contribution is 5.94. The second-order valence-electron chi connectivity index (χ2n) is 3.22. The standard InChI is InChI=1S/C10H14N2O/c1-8(2)4-5-10(13)9-6-7-11-12(9)3/h6-7H,1,4-5H2,2-3H3. The van der Waals surface area contributed by atoms with Crippen LogP contribution in [0.25, 0.3) is 0 Å². The molecule has 0 bridgehead atoms. The minimum absolute atomic E-state index is 0.128. The molecule has 1 heterocycles. The third-order valence-corrected chi connectivity index (χ3v) is 1.89. The maximum Gasteiger partial charge on any atom is 0.181 e. The van der Waals surface area contributed by atoms with Gasteiger partial charge in [-0.25, -0.2) is 0 Å². The third kappa shape index (κ3) is 2.54. The molecule has 0 atom stereocenters. The number of Topliss-reactive ketones (excluding diaryl/α,β-unsaturated/α-hetero) is 1. The first-order valence-corrected chi connectivity index (χ1v) is 4.27. The number of hydrogen-bond acceptors (Lipinski definition) is 2. The average molecular weight is 178 g/mol. The number of ketones is 1. The van der Waals surface area contributed by atoms with E-state index in [4.69, 9.17) is 0 Å². The summed E-state index contributed by atoms with van der Waals surface area (Å²) < 4.78 is 1.60. The quantitative estimate of drug-likeness (QED) is 0.521. The molecule has 0 unspecified atom stereocenters. The highest BCUT2D eigenvalue weighted by Crippen LogP contribution is 2.07. The van der Waals surface area contributed by atoms with Crippen molar-refractivity contribution in [1.82, 2.24) is 9.78 Å². The molecule has 13 heavy (non-hydrogen) atoms. The van der Waals surface area contributed by atoms with Gasteiger partial charge in [0, 0.05) is 19.7 Å². The molecule has 0 N–H and O–H groups in total. The monoisotopic (exact) mass is 178 g/mol. The molecular weight excluding hydrogens is 164 g/mol. The topological polar surface area (TPSA) is 34.9 Å². The smallest absolute Gasteiger partial charge is 0.181 e. The second-order valence-corrected chi connectivity index (χ2v) is 3.22. The molecule has 0 aliphatic carbocycles. The van der Waals surface area contributed by atoms with E-state index in [2.05, 4.69) is 11.7 Å². The van der Waals surface area contributed by atoms with Gasteiger partial charge in [0.1, 0.15) is 5.69 Å². The van der Waals surface area contributed by atoms with E-state index >= 15 is 0 Å². The first-order valence-electron chi connectivity index (χ1n) is 4.27. The lowest BCUT2D eigenvalue weighted by Gasteiger charge is -2.00. The normalized spacial score (nSPS) is 10.0. The zero-order chi connectivity index (χ0) is 9.84. The van der Waals surface area contributed by atoms with Crippen LogP contribution in [0.1, 0.15) is 30.3 Å². The van der Waals surface area contributed by atoms with Crippen molar-refractivity contribution in [2.75, 3.05) is 0 Å². The number of carbonyl (C=O) groups is 1. The molecule has 1 rings (SSSR count). The Morgan fingerprint density at radius 2 is 2.31 bits per heavy atom. The number of carbonyl (C=O) groups excluding carboxylic acids is 1. The molecule has 70 valence electrons. The van der Waals surface area contributed by atoms with E-state index in [-0.39, 0.29) is 5.78 Å². The number of aromatic nitrogens is 2. The maximum atomic E-state index is 11.5. The Hall–Kier alpha value is -1.38. The predicted molar refractivity (Wildman–Crippen MR) is 51.6 cm³/mol. The van der Waals surface area contributed by atoms with Crippen LogP contribution in [0.3, 0.4) is 0 Å². The van der Waals surface area contributed by atoms with E-state index in [9.17, 15) is 4.79 Å². The van der Waals surface area contributed by atoms with Gasteiger partial charge in [-0.15, -0.1) is 6.58 Å². The number of nitrogens with zero attached hydrogens (tertiary/aromatic N) is 2. The molecule has 0 radical (unpaired) electrons. The number of rotatable bonds is 4. The Morgan fingerprint density at radius 3 is 2.77 bits per heavy atom. The van der Waals surface area contributed by atoms with Crippen LogP contribution in [-0.2, 0) is 7.05 Å². The Kier molecular flexibility index (Phi) is 3.01. The second kappa shape index (κ2) is 4.03. The zero-order valence-electron chi connectivity index (χ0n) is 8.08. The summed E-state index contributed by atoms with van der Waals surface area (Å²) in [5.41, 5.74) is 1.71. The van der Waals surface area contributed by atoms with Crippen molar-refractivity contribution in [2.45, 2.75) is 19.8 Å². The number of aryl methyl sites for hydroxylation is 1. The molecule has 0 aromatic carbocycles. The van der Waals surface area contributed by atoms with Gasteiger partial charge >= 0.3 is 0 Å². The third-order valence-electron chi connectivity index (χ3n) is 1.89. The van der Waals surface area contributed by atoms with Crippen LogP contribution in [0.2, 0.25) is 0 Å². The van der Waals surface area contributed by atoms with E-state index in [1.54, 1.807) is 24.0 Å². The van der Waals surface area contributed by atoms with Crippen LogP contribution in [0.5, 0.6) is 0 Å². The number of allylic oxidation sites excluding steroid dienone is 1. The molecule has 1 aromatic rings. The predicted octanol–water partition coefficient (Wildman–Crippen LogP) is 1.96. The zero-order valence-corrected chi connectivity index (χ0v) is 8.08.